The highest BCUT2D eigenvalue weighted by atomic mass is 35.5. The highest BCUT2D eigenvalue weighted by molar-refractivity contribution is 6.40. The second kappa shape index (κ2) is 12.0. The van der Waals surface area contributed by atoms with Crippen LogP contribution in [0.4, 0.5) is 17.1 Å². The molecule has 0 spiro atoms. The molecule has 1 unspecified atom stereocenters. The molecule has 0 bridgehead atoms. The van der Waals surface area contributed by atoms with E-state index in [1.807, 2.05) is 19.0 Å². The molecule has 0 radical (unpaired) electrons. The quantitative estimate of drug-likeness (QED) is 0.204. The lowest BCUT2D eigenvalue weighted by molar-refractivity contribution is -0.137. The topological polar surface area (TPSA) is 141 Å². The Labute approximate surface area is 216 Å². The molecule has 2 aromatic carbocycles. The maximum Gasteiger partial charge on any atom is 0.305 e. The van der Waals surface area contributed by atoms with Crippen molar-refractivity contribution in [2.75, 3.05) is 43.1 Å². The summed E-state index contributed by atoms with van der Waals surface area (Å²) in [6.07, 6.45) is 3.03. The molecule has 0 aliphatic rings. The zero-order valence-electron chi connectivity index (χ0n) is 19.6. The number of pyridine rings is 1. The molecule has 0 saturated heterocycles. The molecule has 1 heterocycles. The monoisotopic (exact) mass is 533 g/mol. The zero-order chi connectivity index (χ0) is 26.4. The van der Waals surface area contributed by atoms with E-state index in [1.165, 1.54) is 12.4 Å². The van der Waals surface area contributed by atoms with Crippen molar-refractivity contribution >= 4 is 52.1 Å². The van der Waals surface area contributed by atoms with Crippen LogP contribution in [0.5, 0.6) is 0 Å². The summed E-state index contributed by atoms with van der Waals surface area (Å²) in [5.74, 6) is -1.62. The largest absolute Gasteiger partial charge is 0.481 e. The van der Waals surface area contributed by atoms with Crippen molar-refractivity contribution in [1.29, 1.82) is 0 Å². The number of carboxylic acids is 1. The fraction of sp³-hybridized carbons (Fsp3) is 0.292. The van der Waals surface area contributed by atoms with Crippen molar-refractivity contribution in [2.24, 2.45) is 0 Å². The number of aromatic nitrogens is 1. The van der Waals surface area contributed by atoms with E-state index in [2.05, 4.69) is 20.9 Å². The summed E-state index contributed by atoms with van der Waals surface area (Å²) in [4.78, 5) is 54.1. The third-order valence-corrected chi connectivity index (χ3v) is 5.92. The standard InChI is InChI=1S/C24H25Cl2N5O5/c1-31(2)9-3-8-28-20-21(23(35)22(20)34)30-17(10-18(32)33)13-4-6-14(7-5-13)29-24(36)19-15(25)11-27-12-16(19)26/h4-7,11-12,17,28,30H,3,8-10H2,1-2H3,(H,29,36)(H,32,33). The van der Waals surface area contributed by atoms with Crippen LogP contribution in [-0.4, -0.2) is 54.1 Å². The van der Waals surface area contributed by atoms with E-state index in [9.17, 15) is 24.3 Å². The summed E-state index contributed by atoms with van der Waals surface area (Å²) >= 11 is 12.1. The summed E-state index contributed by atoms with van der Waals surface area (Å²) in [5.41, 5.74) is -0.0762. The third-order valence-electron chi connectivity index (χ3n) is 5.34. The molecule has 10 nitrogen and oxygen atoms in total. The lowest BCUT2D eigenvalue weighted by Gasteiger charge is -2.22. The van der Waals surface area contributed by atoms with Crippen molar-refractivity contribution in [2.45, 2.75) is 18.9 Å². The highest BCUT2D eigenvalue weighted by Crippen LogP contribution is 2.28. The Kier molecular flexibility index (Phi) is 9.03. The maximum atomic E-state index is 12.6. The van der Waals surface area contributed by atoms with Crippen molar-refractivity contribution in [3.63, 3.8) is 0 Å². The Balaban J connectivity index is 1.74. The maximum absolute atomic E-state index is 12.6. The minimum absolute atomic E-state index is 0.0652. The van der Waals surface area contributed by atoms with Gasteiger partial charge in [-0.3, -0.25) is 24.2 Å². The lowest BCUT2D eigenvalue weighted by Crippen LogP contribution is -2.38. The van der Waals surface area contributed by atoms with E-state index in [0.29, 0.717) is 17.8 Å². The van der Waals surface area contributed by atoms with E-state index in [1.54, 1.807) is 24.3 Å². The van der Waals surface area contributed by atoms with Gasteiger partial charge >= 0.3 is 5.97 Å². The fourth-order valence-electron chi connectivity index (χ4n) is 3.53. The number of hydrogen-bond acceptors (Lipinski definition) is 8. The van der Waals surface area contributed by atoms with Gasteiger partial charge in [0.15, 0.2) is 0 Å². The molecule has 36 heavy (non-hydrogen) atoms. The fourth-order valence-corrected chi connectivity index (χ4v) is 4.06. The van der Waals surface area contributed by atoms with Crippen LogP contribution in [0.25, 0.3) is 0 Å². The van der Waals surface area contributed by atoms with Gasteiger partial charge in [0, 0.05) is 24.6 Å². The number of nitrogens with one attached hydrogen (secondary N) is 3. The number of hydrogen-bond donors (Lipinski definition) is 4. The summed E-state index contributed by atoms with van der Waals surface area (Å²) in [6.45, 7) is 1.29. The van der Waals surface area contributed by atoms with Crippen LogP contribution in [0.2, 0.25) is 10.0 Å². The van der Waals surface area contributed by atoms with Crippen molar-refractivity contribution in [3.05, 3.63) is 78.3 Å². The molecule has 190 valence electrons. The highest BCUT2D eigenvalue weighted by Gasteiger charge is 2.25. The van der Waals surface area contributed by atoms with Gasteiger partial charge in [0.25, 0.3) is 16.8 Å². The average Bonchev–Trinajstić information content (AvgIpc) is 2.82. The smallest absolute Gasteiger partial charge is 0.305 e. The molecule has 3 aromatic rings. The van der Waals surface area contributed by atoms with E-state index < -0.39 is 28.8 Å². The number of halogens is 2. The number of carboxylic acid groups (broad SMARTS) is 1. The molecule has 0 aliphatic heterocycles. The van der Waals surface area contributed by atoms with Gasteiger partial charge in [0.2, 0.25) is 0 Å². The van der Waals surface area contributed by atoms with Crippen LogP contribution in [0.15, 0.2) is 46.2 Å². The number of benzene rings is 1. The van der Waals surface area contributed by atoms with Gasteiger partial charge in [0.1, 0.15) is 11.4 Å². The van der Waals surface area contributed by atoms with Crippen molar-refractivity contribution < 1.29 is 14.7 Å². The normalized spacial score (nSPS) is 11.9. The molecular formula is C24H25Cl2N5O5. The van der Waals surface area contributed by atoms with Crippen LogP contribution >= 0.6 is 23.2 Å². The number of amides is 1. The average molecular weight is 534 g/mol. The Hall–Kier alpha value is -3.47. The van der Waals surface area contributed by atoms with Gasteiger partial charge in [-0.15, -0.1) is 0 Å². The van der Waals surface area contributed by atoms with Crippen LogP contribution in [0.1, 0.15) is 34.8 Å². The molecular weight excluding hydrogens is 509 g/mol. The van der Waals surface area contributed by atoms with Gasteiger partial charge in [0.05, 0.1) is 28.1 Å². The number of nitrogens with zero attached hydrogens (tertiary/aromatic N) is 2. The number of carbonyl (C=O) groups is 2. The van der Waals surface area contributed by atoms with Crippen LogP contribution < -0.4 is 26.8 Å². The first-order chi connectivity index (χ1) is 17.1. The Morgan fingerprint density at radius 1 is 1.03 bits per heavy atom. The molecule has 1 amide bonds. The van der Waals surface area contributed by atoms with E-state index in [-0.39, 0.29) is 33.4 Å². The van der Waals surface area contributed by atoms with Crippen LogP contribution in [0, 0.1) is 0 Å². The predicted molar refractivity (Wildman–Crippen MR) is 140 cm³/mol. The molecule has 4 N–H and O–H groups in total. The Morgan fingerprint density at radius 2 is 1.64 bits per heavy atom. The van der Waals surface area contributed by atoms with Crippen LogP contribution in [0.3, 0.4) is 0 Å². The SMILES string of the molecule is CN(C)CCCNc1c(NC(CC(=O)O)c2ccc(NC(=O)c3c(Cl)cncc3Cl)cc2)c(=O)c1=O. The van der Waals surface area contributed by atoms with Gasteiger partial charge in [-0.1, -0.05) is 35.3 Å². The Morgan fingerprint density at radius 3 is 2.22 bits per heavy atom. The lowest BCUT2D eigenvalue weighted by atomic mass is 10.0. The van der Waals surface area contributed by atoms with E-state index >= 15 is 0 Å². The first-order valence-corrected chi connectivity index (χ1v) is 11.7. The molecule has 1 aromatic heterocycles. The number of carbonyl (C=O) groups excluding carboxylic acids is 1. The van der Waals surface area contributed by atoms with E-state index in [4.69, 9.17) is 23.2 Å². The predicted octanol–water partition coefficient (Wildman–Crippen LogP) is 3.23. The van der Waals surface area contributed by atoms with Gasteiger partial charge < -0.3 is 26.0 Å². The molecule has 12 heteroatoms. The van der Waals surface area contributed by atoms with Gasteiger partial charge in [-0.05, 0) is 44.8 Å². The van der Waals surface area contributed by atoms with Gasteiger partial charge in [-0.25, -0.2) is 0 Å². The van der Waals surface area contributed by atoms with E-state index in [0.717, 1.165) is 13.0 Å². The molecule has 0 aliphatic carbocycles. The summed E-state index contributed by atoms with van der Waals surface area (Å²) in [7, 11) is 3.86. The molecule has 0 saturated carbocycles. The second-order valence-electron chi connectivity index (χ2n) is 8.34. The first-order valence-electron chi connectivity index (χ1n) is 11.0. The summed E-state index contributed by atoms with van der Waals surface area (Å²) in [6, 6.07) is 5.59. The minimum Gasteiger partial charge on any atom is -0.481 e. The zero-order valence-corrected chi connectivity index (χ0v) is 21.1. The summed E-state index contributed by atoms with van der Waals surface area (Å²) < 4.78 is 0. The van der Waals surface area contributed by atoms with Gasteiger partial charge in [-0.2, -0.15) is 0 Å². The van der Waals surface area contributed by atoms with Crippen molar-refractivity contribution in [3.8, 4) is 0 Å². The number of rotatable bonds is 12. The summed E-state index contributed by atoms with van der Waals surface area (Å²) in [5, 5.41) is 18.1. The second-order valence-corrected chi connectivity index (χ2v) is 9.16. The Bertz CT molecular complexity index is 1300. The molecule has 1 atom stereocenters. The number of aliphatic carboxylic acids is 1. The third kappa shape index (κ3) is 6.60. The van der Waals surface area contributed by atoms with Crippen LogP contribution in [-0.2, 0) is 4.79 Å². The number of anilines is 3. The molecule has 3 rings (SSSR count). The molecule has 0 fully saturated rings. The minimum atomic E-state index is -1.09. The van der Waals surface area contributed by atoms with Crippen molar-refractivity contribution in [1.82, 2.24) is 9.88 Å². The first kappa shape index (κ1) is 27.1.